The van der Waals surface area contributed by atoms with Gasteiger partial charge in [0.1, 0.15) is 0 Å². The first-order valence-corrected chi connectivity index (χ1v) is 8.98. The molecule has 0 saturated carbocycles. The first-order chi connectivity index (χ1) is 13.5. The van der Waals surface area contributed by atoms with Gasteiger partial charge in [-0.25, -0.2) is 4.79 Å². The highest BCUT2D eigenvalue weighted by Gasteiger charge is 2.19. The summed E-state index contributed by atoms with van der Waals surface area (Å²) in [5.41, 5.74) is 0.172. The van der Waals surface area contributed by atoms with Crippen LogP contribution in [-0.2, 0) is 9.53 Å². The van der Waals surface area contributed by atoms with Crippen LogP contribution in [-0.4, -0.2) is 34.8 Å². The van der Waals surface area contributed by atoms with E-state index in [0.717, 1.165) is 4.68 Å². The van der Waals surface area contributed by atoms with Gasteiger partial charge in [-0.2, -0.15) is 9.78 Å². The Bertz CT molecular complexity index is 1060. The number of fused-ring (bicyclic) bond motifs is 1. The third-order valence-corrected chi connectivity index (χ3v) is 4.04. The molecule has 0 aliphatic heterocycles. The van der Waals surface area contributed by atoms with E-state index in [4.69, 9.17) is 4.74 Å². The van der Waals surface area contributed by atoms with Crippen LogP contribution in [0.4, 0.5) is 0 Å². The molecule has 144 valence electrons. The maximum Gasteiger partial charge on any atom is 0.359 e. The third kappa shape index (κ3) is 4.25. The number of nitrogens with zero attached hydrogens (tertiary/aromatic N) is 2. The second kappa shape index (κ2) is 8.47. The van der Waals surface area contributed by atoms with Gasteiger partial charge in [0.25, 0.3) is 11.5 Å². The molecule has 28 heavy (non-hydrogen) atoms. The second-order valence-electron chi connectivity index (χ2n) is 6.72. The number of carbonyl (C=O) groups is 2. The van der Waals surface area contributed by atoms with E-state index in [1.54, 1.807) is 48.5 Å². The van der Waals surface area contributed by atoms with E-state index in [0.29, 0.717) is 28.9 Å². The molecule has 1 amide bonds. The fraction of sp³-hybridized carbons (Fsp3) is 0.238. The number of esters is 1. The Morgan fingerprint density at radius 1 is 1.04 bits per heavy atom. The SMILES string of the molecule is CC(C)CNC(=O)COC(=O)c1nn(-c2ccccc2)c(=O)c2ccccc12. The van der Waals surface area contributed by atoms with Gasteiger partial charge >= 0.3 is 5.97 Å². The fourth-order valence-corrected chi connectivity index (χ4v) is 2.65. The molecule has 0 fully saturated rings. The van der Waals surface area contributed by atoms with Crippen LogP contribution >= 0.6 is 0 Å². The molecule has 3 rings (SSSR count). The highest BCUT2D eigenvalue weighted by atomic mass is 16.5. The number of nitrogens with one attached hydrogen (secondary N) is 1. The second-order valence-corrected chi connectivity index (χ2v) is 6.72. The van der Waals surface area contributed by atoms with Crippen LogP contribution in [0, 0.1) is 5.92 Å². The van der Waals surface area contributed by atoms with Gasteiger partial charge < -0.3 is 10.1 Å². The summed E-state index contributed by atoms with van der Waals surface area (Å²) in [6.07, 6.45) is 0. The zero-order valence-corrected chi connectivity index (χ0v) is 15.7. The van der Waals surface area contributed by atoms with Crippen molar-refractivity contribution in [3.8, 4) is 5.69 Å². The zero-order chi connectivity index (χ0) is 20.1. The van der Waals surface area contributed by atoms with E-state index in [2.05, 4.69) is 10.4 Å². The van der Waals surface area contributed by atoms with E-state index in [1.807, 2.05) is 19.9 Å². The van der Waals surface area contributed by atoms with E-state index in [9.17, 15) is 14.4 Å². The molecule has 0 atom stereocenters. The Morgan fingerprint density at radius 3 is 2.36 bits per heavy atom. The summed E-state index contributed by atoms with van der Waals surface area (Å²) in [6, 6.07) is 15.5. The van der Waals surface area contributed by atoms with Gasteiger partial charge in [-0.1, -0.05) is 50.2 Å². The molecule has 1 aromatic heterocycles. The lowest BCUT2D eigenvalue weighted by atomic mass is 10.1. The van der Waals surface area contributed by atoms with Gasteiger partial charge in [0, 0.05) is 11.9 Å². The average molecular weight is 379 g/mol. The Kier molecular flexibility index (Phi) is 5.84. The standard InChI is InChI=1S/C21H21N3O4/c1-14(2)12-22-18(25)13-28-21(27)19-16-10-6-7-11-17(16)20(26)24(23-19)15-8-4-3-5-9-15/h3-11,14H,12-13H2,1-2H3,(H,22,25). The summed E-state index contributed by atoms with van der Waals surface area (Å²) >= 11 is 0. The molecule has 0 unspecified atom stereocenters. The molecule has 7 heteroatoms. The Balaban J connectivity index is 1.94. The Labute approximate surface area is 161 Å². The molecule has 2 aromatic carbocycles. The fourth-order valence-electron chi connectivity index (χ4n) is 2.65. The lowest BCUT2D eigenvalue weighted by Crippen LogP contribution is -2.32. The number of aromatic nitrogens is 2. The topological polar surface area (TPSA) is 90.3 Å². The number of hydrogen-bond acceptors (Lipinski definition) is 5. The van der Waals surface area contributed by atoms with Gasteiger partial charge in [-0.15, -0.1) is 0 Å². The van der Waals surface area contributed by atoms with Crippen molar-refractivity contribution >= 4 is 22.6 Å². The lowest BCUT2D eigenvalue weighted by Gasteiger charge is -2.11. The van der Waals surface area contributed by atoms with Crippen molar-refractivity contribution in [2.45, 2.75) is 13.8 Å². The first-order valence-electron chi connectivity index (χ1n) is 8.98. The van der Waals surface area contributed by atoms with Crippen molar-refractivity contribution in [2.75, 3.05) is 13.2 Å². The molecule has 0 radical (unpaired) electrons. The molecule has 0 aliphatic rings. The van der Waals surface area contributed by atoms with Gasteiger partial charge in [-0.05, 0) is 24.1 Å². The summed E-state index contributed by atoms with van der Waals surface area (Å²) in [5, 5.41) is 7.63. The molecule has 0 spiro atoms. The smallest absolute Gasteiger partial charge is 0.359 e. The average Bonchev–Trinajstić information content (AvgIpc) is 2.71. The number of rotatable bonds is 6. The molecular formula is C21H21N3O4. The van der Waals surface area contributed by atoms with Gasteiger partial charge in [0.05, 0.1) is 11.1 Å². The van der Waals surface area contributed by atoms with E-state index in [-0.39, 0.29) is 17.2 Å². The molecular weight excluding hydrogens is 358 g/mol. The summed E-state index contributed by atoms with van der Waals surface area (Å²) in [6.45, 7) is 4.02. The van der Waals surface area contributed by atoms with Crippen LogP contribution < -0.4 is 10.9 Å². The minimum atomic E-state index is -0.763. The predicted octanol–water partition coefficient (Wildman–Crippen LogP) is 2.31. The van der Waals surface area contributed by atoms with E-state index >= 15 is 0 Å². The third-order valence-electron chi connectivity index (χ3n) is 4.04. The number of carbonyl (C=O) groups excluding carboxylic acids is 2. The van der Waals surface area contributed by atoms with Crippen molar-refractivity contribution in [1.82, 2.24) is 15.1 Å². The Hall–Kier alpha value is -3.48. The number of ether oxygens (including phenoxy) is 1. The minimum Gasteiger partial charge on any atom is -0.451 e. The first kappa shape index (κ1) is 19.3. The summed E-state index contributed by atoms with van der Waals surface area (Å²) in [5.74, 6) is -0.858. The van der Waals surface area contributed by atoms with Crippen molar-refractivity contribution in [3.63, 3.8) is 0 Å². The van der Waals surface area contributed by atoms with Gasteiger partial charge in [0.2, 0.25) is 0 Å². The molecule has 1 heterocycles. The Morgan fingerprint density at radius 2 is 1.68 bits per heavy atom. The van der Waals surface area contributed by atoms with Crippen LogP contribution in [0.25, 0.3) is 16.5 Å². The van der Waals surface area contributed by atoms with Crippen LogP contribution in [0.2, 0.25) is 0 Å². The lowest BCUT2D eigenvalue weighted by molar-refractivity contribution is -0.124. The van der Waals surface area contributed by atoms with Gasteiger partial charge in [-0.3, -0.25) is 9.59 Å². The highest BCUT2D eigenvalue weighted by molar-refractivity contribution is 6.02. The molecule has 3 aromatic rings. The largest absolute Gasteiger partial charge is 0.451 e. The molecule has 0 saturated heterocycles. The van der Waals surface area contributed by atoms with Crippen LogP contribution in [0.15, 0.2) is 59.4 Å². The van der Waals surface area contributed by atoms with Crippen molar-refractivity contribution in [2.24, 2.45) is 5.92 Å². The summed E-state index contributed by atoms with van der Waals surface area (Å²) < 4.78 is 6.30. The maximum absolute atomic E-state index is 12.8. The maximum atomic E-state index is 12.8. The molecule has 0 aliphatic carbocycles. The highest BCUT2D eigenvalue weighted by Crippen LogP contribution is 2.16. The van der Waals surface area contributed by atoms with Crippen LogP contribution in [0.5, 0.6) is 0 Å². The quantitative estimate of drug-likeness (QED) is 0.664. The molecule has 1 N–H and O–H groups in total. The van der Waals surface area contributed by atoms with E-state index < -0.39 is 12.6 Å². The zero-order valence-electron chi connectivity index (χ0n) is 15.7. The normalized spacial score (nSPS) is 10.8. The number of benzene rings is 2. The van der Waals surface area contributed by atoms with Gasteiger partial charge in [0.15, 0.2) is 12.3 Å². The summed E-state index contributed by atoms with van der Waals surface area (Å²) in [7, 11) is 0. The van der Waals surface area contributed by atoms with E-state index in [1.165, 1.54) is 0 Å². The van der Waals surface area contributed by atoms with Crippen molar-refractivity contribution < 1.29 is 14.3 Å². The molecule has 7 nitrogen and oxygen atoms in total. The number of amides is 1. The van der Waals surface area contributed by atoms with Crippen LogP contribution in [0.3, 0.4) is 0 Å². The van der Waals surface area contributed by atoms with Crippen molar-refractivity contribution in [1.29, 1.82) is 0 Å². The summed E-state index contributed by atoms with van der Waals surface area (Å²) in [4.78, 5) is 37.2. The molecule has 0 bridgehead atoms. The number of hydrogen-bond donors (Lipinski definition) is 1. The minimum absolute atomic E-state index is 0.0179. The number of para-hydroxylation sites is 1. The predicted molar refractivity (Wildman–Crippen MR) is 105 cm³/mol. The van der Waals surface area contributed by atoms with Crippen molar-refractivity contribution in [3.05, 3.63) is 70.6 Å². The monoisotopic (exact) mass is 379 g/mol. The van der Waals surface area contributed by atoms with Crippen LogP contribution in [0.1, 0.15) is 24.3 Å².